The summed E-state index contributed by atoms with van der Waals surface area (Å²) in [5.41, 5.74) is 1.72. The number of halogens is 2. The molecule has 4 nitrogen and oxygen atoms in total. The van der Waals surface area contributed by atoms with Crippen LogP contribution in [-0.2, 0) is 11.2 Å². The Morgan fingerprint density at radius 1 is 1.08 bits per heavy atom. The van der Waals surface area contributed by atoms with Crippen molar-refractivity contribution in [2.24, 2.45) is 0 Å². The van der Waals surface area contributed by atoms with Gasteiger partial charge >= 0.3 is 5.97 Å². The zero-order chi connectivity index (χ0) is 17.5. The monoisotopic (exact) mass is 368 g/mol. The van der Waals surface area contributed by atoms with E-state index in [0.717, 1.165) is 16.9 Å². The summed E-state index contributed by atoms with van der Waals surface area (Å²) in [4.78, 5) is 10.7. The van der Waals surface area contributed by atoms with Gasteiger partial charge in [-0.05, 0) is 60.9 Å². The van der Waals surface area contributed by atoms with E-state index in [4.69, 9.17) is 37.8 Å². The Morgan fingerprint density at radius 3 is 2.54 bits per heavy atom. The Kier molecular flexibility index (Phi) is 6.76. The lowest BCUT2D eigenvalue weighted by Crippen LogP contribution is -2.10. The molecular formula is C18H18Cl2O4. The second kappa shape index (κ2) is 8.81. The van der Waals surface area contributed by atoms with Crippen molar-refractivity contribution in [3.63, 3.8) is 0 Å². The second-order valence-corrected chi connectivity index (χ2v) is 6.10. The smallest absolute Gasteiger partial charge is 0.303 e. The number of benzene rings is 2. The van der Waals surface area contributed by atoms with Gasteiger partial charge in [0, 0.05) is 16.5 Å². The molecule has 2 rings (SSSR count). The van der Waals surface area contributed by atoms with Gasteiger partial charge in [0.15, 0.2) is 0 Å². The molecule has 0 bridgehead atoms. The highest BCUT2D eigenvalue weighted by atomic mass is 35.5. The van der Waals surface area contributed by atoms with Gasteiger partial charge in [0.2, 0.25) is 0 Å². The van der Waals surface area contributed by atoms with E-state index in [1.165, 1.54) is 0 Å². The van der Waals surface area contributed by atoms with Gasteiger partial charge in [0.25, 0.3) is 0 Å². The Hall–Kier alpha value is -1.91. The summed E-state index contributed by atoms with van der Waals surface area (Å²) in [6.45, 7) is 2.61. The van der Waals surface area contributed by atoms with Crippen LogP contribution in [0.3, 0.4) is 0 Å². The van der Waals surface area contributed by atoms with Gasteiger partial charge < -0.3 is 14.6 Å². The second-order valence-electron chi connectivity index (χ2n) is 5.25. The number of aliphatic carboxylic acids is 1. The summed E-state index contributed by atoms with van der Waals surface area (Å²) >= 11 is 11.9. The third kappa shape index (κ3) is 5.62. The molecule has 1 N–H and O–H groups in total. The first-order chi connectivity index (χ1) is 11.5. The maximum Gasteiger partial charge on any atom is 0.303 e. The van der Waals surface area contributed by atoms with E-state index < -0.39 is 5.97 Å². The predicted octanol–water partition coefficient (Wildman–Crippen LogP) is 4.78. The fraction of sp³-hybridized carbons (Fsp3) is 0.278. The minimum Gasteiger partial charge on any atom is -0.490 e. The Bertz CT molecular complexity index is 716. The van der Waals surface area contributed by atoms with Crippen LogP contribution in [0.2, 0.25) is 10.0 Å². The van der Waals surface area contributed by atoms with Crippen molar-refractivity contribution in [3.8, 4) is 11.5 Å². The van der Waals surface area contributed by atoms with Gasteiger partial charge in [0.1, 0.15) is 24.7 Å². The van der Waals surface area contributed by atoms with Crippen LogP contribution in [0.4, 0.5) is 0 Å². The lowest BCUT2D eigenvalue weighted by molar-refractivity contribution is -0.136. The van der Waals surface area contributed by atoms with Gasteiger partial charge in [-0.2, -0.15) is 0 Å². The zero-order valence-electron chi connectivity index (χ0n) is 13.2. The molecule has 0 amide bonds. The van der Waals surface area contributed by atoms with Gasteiger partial charge in [-0.3, -0.25) is 4.79 Å². The van der Waals surface area contributed by atoms with Gasteiger partial charge in [-0.25, -0.2) is 0 Å². The Morgan fingerprint density at radius 2 is 1.83 bits per heavy atom. The van der Waals surface area contributed by atoms with Crippen molar-refractivity contribution in [2.75, 3.05) is 13.2 Å². The minimum atomic E-state index is -0.859. The lowest BCUT2D eigenvalue weighted by Gasteiger charge is -2.12. The molecule has 0 radical (unpaired) electrons. The van der Waals surface area contributed by atoms with Gasteiger partial charge in [0.05, 0.1) is 0 Å². The van der Waals surface area contributed by atoms with Crippen LogP contribution < -0.4 is 9.47 Å². The number of aryl methyl sites for hydroxylation is 2. The van der Waals surface area contributed by atoms with Crippen LogP contribution in [0.25, 0.3) is 0 Å². The Balaban J connectivity index is 1.89. The molecule has 0 saturated heterocycles. The van der Waals surface area contributed by atoms with Crippen LogP contribution >= 0.6 is 23.2 Å². The normalized spacial score (nSPS) is 10.5. The summed E-state index contributed by atoms with van der Waals surface area (Å²) in [5, 5.41) is 10.1. The first-order valence-electron chi connectivity index (χ1n) is 7.47. The topological polar surface area (TPSA) is 55.8 Å². The number of carbonyl (C=O) groups is 1. The Labute approximate surface area is 150 Å². The molecule has 2 aromatic rings. The number of hydrogen-bond donors (Lipinski definition) is 1. The summed E-state index contributed by atoms with van der Waals surface area (Å²) in [5.74, 6) is 0.488. The highest BCUT2D eigenvalue weighted by molar-refractivity contribution is 6.31. The fourth-order valence-corrected chi connectivity index (χ4v) is 2.46. The average molecular weight is 369 g/mol. The molecule has 0 atom stereocenters. The number of rotatable bonds is 8. The van der Waals surface area contributed by atoms with Crippen molar-refractivity contribution in [1.29, 1.82) is 0 Å². The fourth-order valence-electron chi connectivity index (χ4n) is 2.14. The molecular weight excluding hydrogens is 351 g/mol. The van der Waals surface area contributed by atoms with Crippen LogP contribution in [0, 0.1) is 6.92 Å². The average Bonchev–Trinajstić information content (AvgIpc) is 2.54. The molecule has 0 saturated carbocycles. The molecule has 0 aliphatic rings. The minimum absolute atomic E-state index is 0.0251. The number of carboxylic acid groups (broad SMARTS) is 1. The molecule has 0 heterocycles. The van der Waals surface area contributed by atoms with Gasteiger partial charge in [-0.15, -0.1) is 0 Å². The van der Waals surface area contributed by atoms with Gasteiger partial charge in [-0.1, -0.05) is 23.2 Å². The van der Waals surface area contributed by atoms with E-state index in [2.05, 4.69) is 0 Å². The van der Waals surface area contributed by atoms with E-state index in [1.54, 1.807) is 30.3 Å². The molecule has 128 valence electrons. The number of carboxylic acids is 1. The van der Waals surface area contributed by atoms with Crippen molar-refractivity contribution < 1.29 is 19.4 Å². The van der Waals surface area contributed by atoms with E-state index in [0.29, 0.717) is 35.4 Å². The van der Waals surface area contributed by atoms with Crippen LogP contribution in [0.15, 0.2) is 36.4 Å². The first kappa shape index (κ1) is 18.4. The zero-order valence-corrected chi connectivity index (χ0v) is 14.7. The number of ether oxygens (including phenoxy) is 2. The van der Waals surface area contributed by atoms with E-state index in [-0.39, 0.29) is 6.42 Å². The summed E-state index contributed by atoms with van der Waals surface area (Å²) in [7, 11) is 0. The maximum absolute atomic E-state index is 10.7. The first-order valence-corrected chi connectivity index (χ1v) is 8.23. The maximum atomic E-state index is 10.7. The van der Waals surface area contributed by atoms with E-state index >= 15 is 0 Å². The SMILES string of the molecule is Cc1cc(OCCOc2ccc(Cl)cc2CCC(=O)O)ccc1Cl. The van der Waals surface area contributed by atoms with E-state index in [9.17, 15) is 4.79 Å². The van der Waals surface area contributed by atoms with Crippen LogP contribution in [-0.4, -0.2) is 24.3 Å². The van der Waals surface area contributed by atoms with Crippen molar-refractivity contribution in [2.45, 2.75) is 19.8 Å². The summed E-state index contributed by atoms with van der Waals surface area (Å²) < 4.78 is 11.3. The molecule has 0 spiro atoms. The molecule has 6 heteroatoms. The lowest BCUT2D eigenvalue weighted by atomic mass is 10.1. The largest absolute Gasteiger partial charge is 0.490 e. The third-order valence-electron chi connectivity index (χ3n) is 3.37. The van der Waals surface area contributed by atoms with E-state index in [1.807, 2.05) is 13.0 Å². The van der Waals surface area contributed by atoms with Crippen molar-refractivity contribution in [3.05, 3.63) is 57.6 Å². The molecule has 2 aromatic carbocycles. The predicted molar refractivity (Wildman–Crippen MR) is 94.6 cm³/mol. The molecule has 0 unspecified atom stereocenters. The quantitative estimate of drug-likeness (QED) is 0.681. The standard InChI is InChI=1S/C18H18Cl2O4/c1-12-10-15(4-5-16(12)20)23-8-9-24-17-6-3-14(19)11-13(17)2-7-18(21)22/h3-6,10-11H,2,7-9H2,1H3,(H,21,22). The summed E-state index contributed by atoms with van der Waals surface area (Å²) in [6, 6.07) is 10.6. The highest BCUT2D eigenvalue weighted by Gasteiger charge is 2.08. The molecule has 0 fully saturated rings. The molecule has 0 aromatic heterocycles. The summed E-state index contributed by atoms with van der Waals surface area (Å²) in [6.07, 6.45) is 0.389. The molecule has 0 aliphatic heterocycles. The van der Waals surface area contributed by atoms with Crippen LogP contribution in [0.5, 0.6) is 11.5 Å². The van der Waals surface area contributed by atoms with Crippen LogP contribution in [0.1, 0.15) is 17.5 Å². The highest BCUT2D eigenvalue weighted by Crippen LogP contribution is 2.25. The third-order valence-corrected chi connectivity index (χ3v) is 4.03. The number of hydrogen-bond acceptors (Lipinski definition) is 3. The molecule has 0 aliphatic carbocycles. The molecule has 24 heavy (non-hydrogen) atoms. The van der Waals surface area contributed by atoms with Crippen molar-refractivity contribution >= 4 is 29.2 Å². The van der Waals surface area contributed by atoms with Crippen molar-refractivity contribution in [1.82, 2.24) is 0 Å².